The fourth-order valence-corrected chi connectivity index (χ4v) is 1.24. The Morgan fingerprint density at radius 1 is 1.57 bits per heavy atom. The van der Waals surface area contributed by atoms with Gasteiger partial charge in [-0.15, -0.1) is 0 Å². The number of H-pyrrole nitrogens is 1. The molecule has 0 aliphatic rings. The summed E-state index contributed by atoms with van der Waals surface area (Å²) in [6.45, 7) is 5.26. The maximum Gasteiger partial charge on any atom is 0.200 e. The van der Waals surface area contributed by atoms with Gasteiger partial charge in [0.2, 0.25) is 0 Å². The van der Waals surface area contributed by atoms with Gasteiger partial charge >= 0.3 is 0 Å². The number of nitrogens with zero attached hydrogens (tertiary/aromatic N) is 2. The number of aromatic nitrogens is 2. The lowest BCUT2D eigenvalue weighted by atomic mass is 10.2. The number of nitrogens with one attached hydrogen (secondary N) is 2. The van der Waals surface area contributed by atoms with Crippen LogP contribution in [-0.2, 0) is 0 Å². The molecule has 4 nitrogen and oxygen atoms in total. The Kier molecular flexibility index (Phi) is 3.95. The van der Waals surface area contributed by atoms with Crippen LogP contribution in [0.25, 0.3) is 0 Å². The van der Waals surface area contributed by atoms with Gasteiger partial charge in [-0.2, -0.15) is 0 Å². The van der Waals surface area contributed by atoms with E-state index in [1.54, 1.807) is 0 Å². The number of rotatable bonds is 5. The second kappa shape index (κ2) is 5.00. The van der Waals surface area contributed by atoms with Crippen molar-refractivity contribution in [3.63, 3.8) is 0 Å². The summed E-state index contributed by atoms with van der Waals surface area (Å²) in [5, 5.41) is 3.32. The number of aromatic amines is 1. The molecule has 1 aromatic rings. The standard InChI is InChI=1S/C10H20N4/c1-8(5-6-14(3)4)12-10-11-7-9(2)13-10/h7-8H,5-6H2,1-4H3,(H2,11,12,13). The van der Waals surface area contributed by atoms with Gasteiger partial charge in [0.15, 0.2) is 5.95 Å². The van der Waals surface area contributed by atoms with Gasteiger partial charge in [0.1, 0.15) is 0 Å². The van der Waals surface area contributed by atoms with Crippen LogP contribution in [0.3, 0.4) is 0 Å². The van der Waals surface area contributed by atoms with E-state index in [1.807, 2.05) is 13.1 Å². The smallest absolute Gasteiger partial charge is 0.200 e. The van der Waals surface area contributed by atoms with Crippen LogP contribution in [0.2, 0.25) is 0 Å². The summed E-state index contributed by atoms with van der Waals surface area (Å²) in [4.78, 5) is 9.55. The van der Waals surface area contributed by atoms with Gasteiger partial charge < -0.3 is 15.2 Å². The van der Waals surface area contributed by atoms with Crippen molar-refractivity contribution in [2.75, 3.05) is 26.0 Å². The molecule has 80 valence electrons. The van der Waals surface area contributed by atoms with Gasteiger partial charge in [0, 0.05) is 17.9 Å². The summed E-state index contributed by atoms with van der Waals surface area (Å²) < 4.78 is 0. The van der Waals surface area contributed by atoms with Gasteiger partial charge in [0.05, 0.1) is 0 Å². The predicted molar refractivity (Wildman–Crippen MR) is 59.6 cm³/mol. The van der Waals surface area contributed by atoms with Crippen molar-refractivity contribution in [1.29, 1.82) is 0 Å². The van der Waals surface area contributed by atoms with Crippen molar-refractivity contribution < 1.29 is 0 Å². The SMILES string of the molecule is Cc1cnc(NC(C)CCN(C)C)[nH]1. The van der Waals surface area contributed by atoms with Crippen molar-refractivity contribution in [3.05, 3.63) is 11.9 Å². The Balaban J connectivity index is 2.30. The molecule has 0 spiro atoms. The van der Waals surface area contributed by atoms with E-state index in [0.717, 1.165) is 24.6 Å². The minimum atomic E-state index is 0.447. The van der Waals surface area contributed by atoms with Gasteiger partial charge in [0.25, 0.3) is 0 Å². The zero-order valence-electron chi connectivity index (χ0n) is 9.46. The zero-order chi connectivity index (χ0) is 10.6. The Morgan fingerprint density at radius 3 is 2.79 bits per heavy atom. The highest BCUT2D eigenvalue weighted by molar-refractivity contribution is 5.26. The van der Waals surface area contributed by atoms with Crippen LogP contribution in [0, 0.1) is 6.92 Å². The van der Waals surface area contributed by atoms with Gasteiger partial charge in [-0.3, -0.25) is 0 Å². The van der Waals surface area contributed by atoms with E-state index in [2.05, 4.69) is 41.2 Å². The van der Waals surface area contributed by atoms with Gasteiger partial charge in [-0.05, 0) is 40.9 Å². The average Bonchev–Trinajstić information content (AvgIpc) is 2.48. The fraction of sp³-hybridized carbons (Fsp3) is 0.700. The molecule has 1 aromatic heterocycles. The summed E-state index contributed by atoms with van der Waals surface area (Å²) in [6.07, 6.45) is 2.95. The maximum atomic E-state index is 4.20. The average molecular weight is 196 g/mol. The molecule has 0 aliphatic carbocycles. The van der Waals surface area contributed by atoms with Crippen LogP contribution < -0.4 is 5.32 Å². The molecule has 0 aromatic carbocycles. The van der Waals surface area contributed by atoms with Crippen LogP contribution in [0.1, 0.15) is 19.0 Å². The molecule has 0 bridgehead atoms. The molecular weight excluding hydrogens is 176 g/mol. The third kappa shape index (κ3) is 3.79. The fourth-order valence-electron chi connectivity index (χ4n) is 1.24. The van der Waals surface area contributed by atoms with Crippen molar-refractivity contribution in [2.45, 2.75) is 26.3 Å². The van der Waals surface area contributed by atoms with Crippen molar-refractivity contribution in [3.8, 4) is 0 Å². The molecular formula is C10H20N4. The van der Waals surface area contributed by atoms with E-state index in [-0.39, 0.29) is 0 Å². The zero-order valence-corrected chi connectivity index (χ0v) is 9.46. The normalized spacial score (nSPS) is 13.2. The van der Waals surface area contributed by atoms with E-state index in [0.29, 0.717) is 6.04 Å². The van der Waals surface area contributed by atoms with E-state index < -0.39 is 0 Å². The molecule has 0 fully saturated rings. The maximum absolute atomic E-state index is 4.20. The van der Waals surface area contributed by atoms with Crippen LogP contribution in [0.5, 0.6) is 0 Å². The lowest BCUT2D eigenvalue weighted by Crippen LogP contribution is -2.23. The molecule has 1 heterocycles. The van der Waals surface area contributed by atoms with Crippen LogP contribution in [0.4, 0.5) is 5.95 Å². The number of hydrogen-bond donors (Lipinski definition) is 2. The molecule has 1 rings (SSSR count). The van der Waals surface area contributed by atoms with Crippen LogP contribution >= 0.6 is 0 Å². The minimum Gasteiger partial charge on any atom is -0.353 e. The largest absolute Gasteiger partial charge is 0.353 e. The Labute approximate surface area is 85.7 Å². The third-order valence-corrected chi connectivity index (χ3v) is 2.10. The summed E-state index contributed by atoms with van der Waals surface area (Å²) in [6, 6.07) is 0.447. The minimum absolute atomic E-state index is 0.447. The first-order valence-corrected chi connectivity index (χ1v) is 5.01. The molecule has 0 radical (unpaired) electrons. The molecule has 1 atom stereocenters. The number of aryl methyl sites for hydroxylation is 1. The highest BCUT2D eigenvalue weighted by atomic mass is 15.1. The molecule has 0 aliphatic heterocycles. The highest BCUT2D eigenvalue weighted by Gasteiger charge is 2.04. The third-order valence-electron chi connectivity index (χ3n) is 2.10. The van der Waals surface area contributed by atoms with Gasteiger partial charge in [-0.1, -0.05) is 0 Å². The van der Waals surface area contributed by atoms with Crippen LogP contribution in [0.15, 0.2) is 6.20 Å². The van der Waals surface area contributed by atoms with Crippen molar-refractivity contribution in [1.82, 2.24) is 14.9 Å². The quantitative estimate of drug-likeness (QED) is 0.749. The first-order valence-electron chi connectivity index (χ1n) is 5.01. The summed E-state index contributed by atoms with van der Waals surface area (Å²) >= 11 is 0. The second-order valence-electron chi connectivity index (χ2n) is 4.05. The topological polar surface area (TPSA) is 44.0 Å². The van der Waals surface area contributed by atoms with E-state index in [4.69, 9.17) is 0 Å². The van der Waals surface area contributed by atoms with Crippen molar-refractivity contribution >= 4 is 5.95 Å². The van der Waals surface area contributed by atoms with E-state index in [9.17, 15) is 0 Å². The predicted octanol–water partition coefficient (Wildman–Crippen LogP) is 1.47. The molecule has 0 saturated heterocycles. The molecule has 0 amide bonds. The van der Waals surface area contributed by atoms with Crippen molar-refractivity contribution in [2.24, 2.45) is 0 Å². The first kappa shape index (κ1) is 11.0. The lowest BCUT2D eigenvalue weighted by molar-refractivity contribution is 0.390. The lowest BCUT2D eigenvalue weighted by Gasteiger charge is -2.15. The Hall–Kier alpha value is -1.03. The summed E-state index contributed by atoms with van der Waals surface area (Å²) in [5.74, 6) is 0.869. The summed E-state index contributed by atoms with van der Waals surface area (Å²) in [7, 11) is 4.17. The molecule has 4 heteroatoms. The van der Waals surface area contributed by atoms with E-state index in [1.165, 1.54) is 0 Å². The molecule has 14 heavy (non-hydrogen) atoms. The number of anilines is 1. The first-order chi connectivity index (χ1) is 6.58. The Morgan fingerprint density at radius 2 is 2.29 bits per heavy atom. The molecule has 2 N–H and O–H groups in total. The number of imidazole rings is 1. The van der Waals surface area contributed by atoms with E-state index >= 15 is 0 Å². The summed E-state index contributed by atoms with van der Waals surface area (Å²) in [5.41, 5.74) is 1.09. The highest BCUT2D eigenvalue weighted by Crippen LogP contribution is 2.04. The number of hydrogen-bond acceptors (Lipinski definition) is 3. The monoisotopic (exact) mass is 196 g/mol. The van der Waals surface area contributed by atoms with Gasteiger partial charge in [-0.25, -0.2) is 4.98 Å². The second-order valence-corrected chi connectivity index (χ2v) is 4.05. The molecule has 1 unspecified atom stereocenters. The Bertz CT molecular complexity index is 267. The molecule has 0 saturated carbocycles. The van der Waals surface area contributed by atoms with Crippen LogP contribution in [-0.4, -0.2) is 41.5 Å².